The zero-order valence-corrected chi connectivity index (χ0v) is 22.6. The van der Waals surface area contributed by atoms with Gasteiger partial charge in [-0.3, -0.25) is 14.6 Å². The van der Waals surface area contributed by atoms with E-state index in [4.69, 9.17) is 0 Å². The van der Waals surface area contributed by atoms with E-state index in [0.717, 1.165) is 16.0 Å². The molecular formula is C27H40N4O3S. The lowest BCUT2D eigenvalue weighted by atomic mass is 9.84. The van der Waals surface area contributed by atoms with Gasteiger partial charge in [-0.2, -0.15) is 0 Å². The van der Waals surface area contributed by atoms with Gasteiger partial charge >= 0.3 is 0 Å². The molecule has 1 fully saturated rings. The topological polar surface area (TPSA) is 94.6 Å². The van der Waals surface area contributed by atoms with Gasteiger partial charge in [-0.05, 0) is 37.3 Å². The second-order valence-electron chi connectivity index (χ2n) is 10.9. The lowest BCUT2D eigenvalue weighted by Crippen LogP contribution is -2.60. The van der Waals surface area contributed by atoms with Gasteiger partial charge in [0.2, 0.25) is 11.8 Å². The number of β-amino-alcohol motifs (C(OH)–C–C–N with tert-alkyl or cyclic N) is 1. The molecule has 2 amide bonds. The summed E-state index contributed by atoms with van der Waals surface area (Å²) in [6.07, 6.45) is 8.46. The number of likely N-dealkylation sites (tertiary alicyclic amines) is 1. The minimum absolute atomic E-state index is 0.139. The van der Waals surface area contributed by atoms with E-state index < -0.39 is 18.2 Å². The van der Waals surface area contributed by atoms with Crippen LogP contribution in [0, 0.1) is 5.41 Å². The van der Waals surface area contributed by atoms with E-state index in [1.807, 2.05) is 53.7 Å². The number of aliphatic hydroxyl groups excluding tert-OH is 1. The average Bonchev–Trinajstić information content (AvgIpc) is 3.42. The number of rotatable bonds is 9. The molecule has 1 saturated heterocycles. The first-order valence-electron chi connectivity index (χ1n) is 11.9. The molecule has 192 valence electrons. The van der Waals surface area contributed by atoms with Gasteiger partial charge in [-0.1, -0.05) is 58.2 Å². The summed E-state index contributed by atoms with van der Waals surface area (Å²) in [6.45, 7) is 20.1. The highest BCUT2D eigenvalue weighted by Crippen LogP contribution is 2.27. The Kier molecular flexibility index (Phi) is 9.77. The van der Waals surface area contributed by atoms with Gasteiger partial charge in [0, 0.05) is 31.2 Å². The summed E-state index contributed by atoms with van der Waals surface area (Å²) in [4.78, 5) is 33.3. The Hall–Kier alpha value is -2.55. The highest BCUT2D eigenvalue weighted by Gasteiger charge is 2.44. The Morgan fingerprint density at radius 1 is 1.23 bits per heavy atom. The highest BCUT2D eigenvalue weighted by molar-refractivity contribution is 7.10. The molecule has 1 aromatic heterocycles. The molecule has 0 bridgehead atoms. The second-order valence-corrected chi connectivity index (χ2v) is 11.8. The van der Waals surface area contributed by atoms with E-state index in [0.29, 0.717) is 0 Å². The van der Waals surface area contributed by atoms with E-state index in [-0.39, 0.29) is 42.3 Å². The van der Waals surface area contributed by atoms with E-state index >= 15 is 0 Å². The maximum atomic E-state index is 13.6. The third kappa shape index (κ3) is 8.26. The maximum Gasteiger partial charge on any atom is 0.243 e. The molecule has 0 spiro atoms. The molecule has 3 atom stereocenters. The monoisotopic (exact) mass is 500 g/mol. The SMILES string of the molecule is C=C/C(=C\C=C(/C=C)c1cncs1)CNC(=O)C1C[C@H](O)CN1C(=O)[C@H](NC(C)(C)C)C(C)(C)C. The number of amides is 2. The molecule has 7 nitrogen and oxygen atoms in total. The van der Waals surface area contributed by atoms with Gasteiger partial charge in [-0.15, -0.1) is 11.3 Å². The van der Waals surface area contributed by atoms with E-state index in [9.17, 15) is 14.7 Å². The third-order valence-corrected chi connectivity index (χ3v) is 6.52. The minimum atomic E-state index is -0.739. The third-order valence-electron chi connectivity index (χ3n) is 5.70. The molecule has 1 aromatic rings. The van der Waals surface area contributed by atoms with Crippen molar-refractivity contribution >= 4 is 28.7 Å². The largest absolute Gasteiger partial charge is 0.391 e. The van der Waals surface area contributed by atoms with Gasteiger partial charge in [0.05, 0.1) is 22.5 Å². The molecule has 0 radical (unpaired) electrons. The predicted molar refractivity (Wildman–Crippen MR) is 144 cm³/mol. The standard InChI is InChI=1S/C27H40N4O3S/c1-9-18(11-12-19(10-2)22-15-28-17-35-22)14-29-24(33)21-13-20(32)16-31(21)25(34)23(26(3,4)5)30-27(6,7)8/h9-12,15,17,20-21,23,30,32H,1-2,13-14,16H2,3-8H3,(H,29,33)/b18-11+,19-12+/t20-,21?,23-/m0/s1. The molecule has 35 heavy (non-hydrogen) atoms. The number of allylic oxidation sites excluding steroid dienone is 4. The van der Waals surface area contributed by atoms with Crippen molar-refractivity contribution in [2.24, 2.45) is 5.41 Å². The lowest BCUT2D eigenvalue weighted by Gasteiger charge is -2.39. The van der Waals surface area contributed by atoms with Crippen LogP contribution in [0.15, 0.2) is 54.7 Å². The summed E-state index contributed by atoms with van der Waals surface area (Å²) in [6, 6.07) is -1.23. The van der Waals surface area contributed by atoms with Crippen LogP contribution in [0.3, 0.4) is 0 Å². The van der Waals surface area contributed by atoms with Gasteiger partial charge in [0.15, 0.2) is 0 Å². The van der Waals surface area contributed by atoms with Crippen molar-refractivity contribution in [3.05, 3.63) is 59.6 Å². The first-order chi connectivity index (χ1) is 16.3. The van der Waals surface area contributed by atoms with Crippen molar-refractivity contribution in [3.8, 4) is 0 Å². The van der Waals surface area contributed by atoms with Crippen LogP contribution in [0.2, 0.25) is 0 Å². The Balaban J connectivity index is 2.15. The number of thiazole rings is 1. The van der Waals surface area contributed by atoms with Crippen LogP contribution >= 0.6 is 11.3 Å². The van der Waals surface area contributed by atoms with Crippen LogP contribution in [0.4, 0.5) is 0 Å². The fraction of sp³-hybridized carbons (Fsp3) is 0.519. The smallest absolute Gasteiger partial charge is 0.243 e. The lowest BCUT2D eigenvalue weighted by molar-refractivity contribution is -0.142. The van der Waals surface area contributed by atoms with Crippen LogP contribution in [-0.2, 0) is 9.59 Å². The molecule has 1 aliphatic heterocycles. The van der Waals surface area contributed by atoms with Crippen molar-refractivity contribution in [2.45, 2.75) is 71.7 Å². The van der Waals surface area contributed by atoms with E-state index in [2.05, 4.69) is 28.8 Å². The van der Waals surface area contributed by atoms with E-state index in [1.54, 1.807) is 23.9 Å². The number of nitrogens with zero attached hydrogens (tertiary/aromatic N) is 2. The number of aliphatic hydroxyl groups is 1. The quantitative estimate of drug-likeness (QED) is 0.450. The molecular weight excluding hydrogens is 460 g/mol. The van der Waals surface area contributed by atoms with E-state index in [1.165, 1.54) is 16.2 Å². The number of carbonyl (C=O) groups is 2. The van der Waals surface area contributed by atoms with Crippen LogP contribution in [0.25, 0.3) is 5.57 Å². The van der Waals surface area contributed by atoms with Crippen LogP contribution in [0.5, 0.6) is 0 Å². The summed E-state index contributed by atoms with van der Waals surface area (Å²) in [5, 5.41) is 16.6. The summed E-state index contributed by atoms with van der Waals surface area (Å²) < 4.78 is 0. The summed E-state index contributed by atoms with van der Waals surface area (Å²) >= 11 is 1.52. The molecule has 0 saturated carbocycles. The van der Waals surface area contributed by atoms with Crippen molar-refractivity contribution in [2.75, 3.05) is 13.1 Å². The predicted octanol–water partition coefficient (Wildman–Crippen LogP) is 3.71. The molecule has 1 unspecified atom stereocenters. The highest BCUT2D eigenvalue weighted by atomic mass is 32.1. The first kappa shape index (κ1) is 28.7. The molecule has 2 rings (SSSR count). The van der Waals surface area contributed by atoms with Crippen LogP contribution in [0.1, 0.15) is 52.8 Å². The van der Waals surface area contributed by atoms with Crippen LogP contribution < -0.4 is 10.6 Å². The zero-order valence-electron chi connectivity index (χ0n) is 21.8. The van der Waals surface area contributed by atoms with Gasteiger partial charge in [0.1, 0.15) is 6.04 Å². The van der Waals surface area contributed by atoms with Crippen molar-refractivity contribution < 1.29 is 14.7 Å². The molecule has 8 heteroatoms. The second kappa shape index (κ2) is 11.9. The van der Waals surface area contributed by atoms with Crippen molar-refractivity contribution in [1.29, 1.82) is 0 Å². The zero-order chi connectivity index (χ0) is 26.4. The summed E-state index contributed by atoms with van der Waals surface area (Å²) in [7, 11) is 0. The van der Waals surface area contributed by atoms with Crippen LogP contribution in [-0.4, -0.2) is 63.6 Å². The fourth-order valence-electron chi connectivity index (χ4n) is 3.87. The molecule has 2 heterocycles. The van der Waals surface area contributed by atoms with Crippen molar-refractivity contribution in [1.82, 2.24) is 20.5 Å². The number of carbonyl (C=O) groups excluding carboxylic acids is 2. The maximum absolute atomic E-state index is 13.6. The summed E-state index contributed by atoms with van der Waals surface area (Å²) in [5.41, 5.74) is 2.83. The molecule has 0 aromatic carbocycles. The molecule has 0 aliphatic carbocycles. The number of hydrogen-bond donors (Lipinski definition) is 3. The minimum Gasteiger partial charge on any atom is -0.391 e. The Bertz CT molecular complexity index is 968. The average molecular weight is 501 g/mol. The fourth-order valence-corrected chi connectivity index (χ4v) is 4.51. The Labute approximate surface area is 213 Å². The molecule has 1 aliphatic rings. The first-order valence-corrected chi connectivity index (χ1v) is 12.7. The normalized spacial score (nSPS) is 20.5. The summed E-state index contributed by atoms with van der Waals surface area (Å²) in [5.74, 6) is -0.465. The number of nitrogens with one attached hydrogen (secondary N) is 2. The van der Waals surface area contributed by atoms with Crippen molar-refractivity contribution in [3.63, 3.8) is 0 Å². The van der Waals surface area contributed by atoms with Gasteiger partial charge < -0.3 is 20.6 Å². The number of aromatic nitrogens is 1. The number of hydrogen-bond acceptors (Lipinski definition) is 6. The molecule has 3 N–H and O–H groups in total. The Morgan fingerprint density at radius 2 is 1.91 bits per heavy atom. The Morgan fingerprint density at radius 3 is 2.43 bits per heavy atom. The van der Waals surface area contributed by atoms with Gasteiger partial charge in [0.25, 0.3) is 0 Å². The van der Waals surface area contributed by atoms with Gasteiger partial charge in [-0.25, -0.2) is 0 Å².